The predicted octanol–water partition coefficient (Wildman–Crippen LogP) is 4.02. The quantitative estimate of drug-likeness (QED) is 0.645. The number of alkyl halides is 1. The van der Waals surface area contributed by atoms with E-state index in [1.807, 2.05) is 0 Å². The van der Waals surface area contributed by atoms with E-state index in [-0.39, 0.29) is 11.4 Å². The summed E-state index contributed by atoms with van der Waals surface area (Å²) in [5.41, 5.74) is 1.27. The lowest BCUT2D eigenvalue weighted by Crippen LogP contribution is -2.22. The maximum Gasteiger partial charge on any atom is 0.293 e. The minimum absolute atomic E-state index is 0.0123. The highest BCUT2D eigenvalue weighted by molar-refractivity contribution is 6.33. The van der Waals surface area contributed by atoms with Crippen molar-refractivity contribution in [3.8, 4) is 11.5 Å². The molecule has 1 aromatic heterocycles. The maximum absolute atomic E-state index is 12.9. The summed E-state index contributed by atoms with van der Waals surface area (Å²) in [7, 11) is 0. The SMILES string of the molecule is CC(Cl)C(=O)Nc1c(C(=O)Nc2ccc3c(c2)OCCO3)oc2ccccc12. The summed E-state index contributed by atoms with van der Waals surface area (Å²) in [6.07, 6.45) is 0. The van der Waals surface area contributed by atoms with Gasteiger partial charge in [-0.1, -0.05) is 12.1 Å². The van der Waals surface area contributed by atoms with Crippen LogP contribution in [0.15, 0.2) is 46.9 Å². The second kappa shape index (κ2) is 7.44. The maximum atomic E-state index is 12.9. The largest absolute Gasteiger partial charge is 0.486 e. The Kier molecular flexibility index (Phi) is 4.83. The lowest BCUT2D eigenvalue weighted by Gasteiger charge is -2.18. The summed E-state index contributed by atoms with van der Waals surface area (Å²) in [6.45, 7) is 2.48. The van der Waals surface area contributed by atoms with Gasteiger partial charge in [-0.15, -0.1) is 11.6 Å². The summed E-state index contributed by atoms with van der Waals surface area (Å²) in [5.74, 6) is 0.226. The van der Waals surface area contributed by atoms with Crippen molar-refractivity contribution in [3.63, 3.8) is 0 Å². The van der Waals surface area contributed by atoms with Gasteiger partial charge in [-0.3, -0.25) is 9.59 Å². The molecule has 0 radical (unpaired) electrons. The number of hydrogen-bond acceptors (Lipinski definition) is 5. The molecule has 1 atom stereocenters. The van der Waals surface area contributed by atoms with Crippen LogP contribution in [-0.2, 0) is 4.79 Å². The van der Waals surface area contributed by atoms with Gasteiger partial charge in [0.05, 0.1) is 0 Å². The van der Waals surface area contributed by atoms with E-state index >= 15 is 0 Å². The molecule has 2 N–H and O–H groups in total. The molecule has 1 unspecified atom stereocenters. The van der Waals surface area contributed by atoms with E-state index in [2.05, 4.69) is 10.6 Å². The molecule has 7 nitrogen and oxygen atoms in total. The summed E-state index contributed by atoms with van der Waals surface area (Å²) in [4.78, 5) is 25.0. The average Bonchev–Trinajstić information content (AvgIpc) is 3.06. The number of amides is 2. The first-order valence-electron chi connectivity index (χ1n) is 8.70. The molecule has 0 fully saturated rings. The van der Waals surface area contributed by atoms with Crippen LogP contribution in [0.1, 0.15) is 17.5 Å². The Morgan fingerprint density at radius 3 is 2.57 bits per heavy atom. The number of furan rings is 1. The van der Waals surface area contributed by atoms with Crippen LogP contribution in [0.5, 0.6) is 11.5 Å². The number of benzene rings is 2. The van der Waals surface area contributed by atoms with Crippen LogP contribution in [0.2, 0.25) is 0 Å². The number of rotatable bonds is 4. The zero-order chi connectivity index (χ0) is 19.7. The van der Waals surface area contributed by atoms with Crippen molar-refractivity contribution < 1.29 is 23.5 Å². The van der Waals surface area contributed by atoms with E-state index < -0.39 is 17.2 Å². The Morgan fingerprint density at radius 2 is 1.79 bits per heavy atom. The minimum atomic E-state index is -0.762. The Morgan fingerprint density at radius 1 is 1.04 bits per heavy atom. The molecule has 2 heterocycles. The van der Waals surface area contributed by atoms with Crippen LogP contribution in [-0.4, -0.2) is 30.4 Å². The van der Waals surface area contributed by atoms with Crippen molar-refractivity contribution in [2.24, 2.45) is 0 Å². The van der Waals surface area contributed by atoms with E-state index in [0.29, 0.717) is 41.4 Å². The highest BCUT2D eigenvalue weighted by Crippen LogP contribution is 2.34. The fraction of sp³-hybridized carbons (Fsp3) is 0.200. The van der Waals surface area contributed by atoms with Gasteiger partial charge < -0.3 is 24.5 Å². The second-order valence-electron chi connectivity index (χ2n) is 6.22. The standard InChI is InChI=1S/C20H17ClN2O5/c1-11(21)19(24)23-17-13-4-2-3-5-14(13)28-18(17)20(25)22-12-6-7-15-16(10-12)27-9-8-26-15/h2-7,10-11H,8-9H2,1H3,(H,22,25)(H,23,24). The number of hydrogen-bond donors (Lipinski definition) is 2. The lowest BCUT2D eigenvalue weighted by molar-refractivity contribution is -0.115. The summed E-state index contributed by atoms with van der Waals surface area (Å²) < 4.78 is 16.7. The molecule has 3 aromatic rings. The second-order valence-corrected chi connectivity index (χ2v) is 6.87. The molecule has 2 amide bonds. The van der Waals surface area contributed by atoms with Crippen LogP contribution in [0, 0.1) is 0 Å². The molecule has 1 aliphatic heterocycles. The van der Waals surface area contributed by atoms with Crippen molar-refractivity contribution in [3.05, 3.63) is 48.2 Å². The van der Waals surface area contributed by atoms with Crippen molar-refractivity contribution in [2.75, 3.05) is 23.8 Å². The van der Waals surface area contributed by atoms with Crippen LogP contribution < -0.4 is 20.1 Å². The Labute approximate surface area is 165 Å². The Hall–Kier alpha value is -3.19. The molecule has 8 heteroatoms. The number of ether oxygens (including phenoxy) is 2. The third-order valence-corrected chi connectivity index (χ3v) is 4.41. The first-order chi connectivity index (χ1) is 13.5. The molecular weight excluding hydrogens is 384 g/mol. The summed E-state index contributed by atoms with van der Waals surface area (Å²) in [5, 5.41) is 5.29. The molecule has 1 aliphatic rings. The molecule has 0 bridgehead atoms. The zero-order valence-corrected chi connectivity index (χ0v) is 15.7. The van der Waals surface area contributed by atoms with Crippen molar-refractivity contribution in [1.29, 1.82) is 0 Å². The predicted molar refractivity (Wildman–Crippen MR) is 106 cm³/mol. The summed E-state index contributed by atoms with van der Waals surface area (Å²) >= 11 is 5.86. The van der Waals surface area contributed by atoms with E-state index in [1.165, 1.54) is 0 Å². The topological polar surface area (TPSA) is 89.8 Å². The third kappa shape index (κ3) is 3.48. The van der Waals surface area contributed by atoms with Crippen LogP contribution in [0.3, 0.4) is 0 Å². The van der Waals surface area contributed by atoms with E-state index in [1.54, 1.807) is 49.4 Å². The smallest absolute Gasteiger partial charge is 0.293 e. The monoisotopic (exact) mass is 400 g/mol. The van der Waals surface area contributed by atoms with Crippen LogP contribution in [0.4, 0.5) is 11.4 Å². The highest BCUT2D eigenvalue weighted by Gasteiger charge is 2.24. The van der Waals surface area contributed by atoms with Crippen molar-refractivity contribution in [1.82, 2.24) is 0 Å². The van der Waals surface area contributed by atoms with Crippen LogP contribution in [0.25, 0.3) is 11.0 Å². The van der Waals surface area contributed by atoms with Gasteiger partial charge in [-0.2, -0.15) is 0 Å². The number of nitrogens with one attached hydrogen (secondary N) is 2. The molecular formula is C20H17ClN2O5. The van der Waals surface area contributed by atoms with Gasteiger partial charge in [0.1, 0.15) is 29.9 Å². The first-order valence-corrected chi connectivity index (χ1v) is 9.14. The minimum Gasteiger partial charge on any atom is -0.486 e. The summed E-state index contributed by atoms with van der Waals surface area (Å²) in [6, 6.07) is 12.1. The number of fused-ring (bicyclic) bond motifs is 2. The number of anilines is 2. The fourth-order valence-corrected chi connectivity index (χ4v) is 2.92. The normalized spacial score (nSPS) is 13.8. The van der Waals surface area contributed by atoms with Gasteiger partial charge in [-0.05, 0) is 31.2 Å². The fourth-order valence-electron chi connectivity index (χ4n) is 2.86. The van der Waals surface area contributed by atoms with Gasteiger partial charge in [0.2, 0.25) is 11.7 Å². The number of carbonyl (C=O) groups excluding carboxylic acids is 2. The molecule has 2 aromatic carbocycles. The van der Waals surface area contributed by atoms with Crippen molar-refractivity contribution in [2.45, 2.75) is 12.3 Å². The highest BCUT2D eigenvalue weighted by atomic mass is 35.5. The third-order valence-electron chi connectivity index (χ3n) is 4.21. The van der Waals surface area contributed by atoms with Crippen LogP contribution >= 0.6 is 11.6 Å². The lowest BCUT2D eigenvalue weighted by atomic mass is 10.2. The molecule has 0 saturated carbocycles. The first kappa shape index (κ1) is 18.2. The zero-order valence-electron chi connectivity index (χ0n) is 15.0. The molecule has 4 rings (SSSR count). The Bertz CT molecular complexity index is 1060. The van der Waals surface area contributed by atoms with Gasteiger partial charge >= 0.3 is 0 Å². The van der Waals surface area contributed by atoms with E-state index in [9.17, 15) is 9.59 Å². The van der Waals surface area contributed by atoms with Gasteiger partial charge in [0, 0.05) is 17.1 Å². The van der Waals surface area contributed by atoms with Gasteiger partial charge in [0.15, 0.2) is 11.5 Å². The van der Waals surface area contributed by atoms with Gasteiger partial charge in [0.25, 0.3) is 5.91 Å². The molecule has 144 valence electrons. The molecule has 28 heavy (non-hydrogen) atoms. The van der Waals surface area contributed by atoms with E-state index in [4.69, 9.17) is 25.5 Å². The van der Waals surface area contributed by atoms with Crippen molar-refractivity contribution >= 4 is 45.8 Å². The Balaban J connectivity index is 1.66. The number of halogens is 1. The molecule has 0 saturated heterocycles. The average molecular weight is 401 g/mol. The number of para-hydroxylation sites is 1. The molecule has 0 spiro atoms. The molecule has 0 aliphatic carbocycles. The van der Waals surface area contributed by atoms with Gasteiger partial charge in [-0.25, -0.2) is 0 Å². The van der Waals surface area contributed by atoms with E-state index in [0.717, 1.165) is 0 Å². The number of carbonyl (C=O) groups is 2.